The molecule has 0 N–H and O–H groups in total. The molecule has 0 aliphatic carbocycles. The van der Waals surface area contributed by atoms with Gasteiger partial charge in [0.1, 0.15) is 5.69 Å². The summed E-state index contributed by atoms with van der Waals surface area (Å²) in [4.78, 5) is 4.39. The molecule has 0 amide bonds. The average molecular weight is 378 g/mol. The average Bonchev–Trinajstić information content (AvgIpc) is 3.21. The lowest BCUT2D eigenvalue weighted by atomic mass is 10.1. The molecule has 0 saturated heterocycles. The molecule has 0 unspecified atom stereocenters. The maximum atomic E-state index is 13.6. The maximum Gasteiger partial charge on any atom is 0.433 e. The van der Waals surface area contributed by atoms with Crippen molar-refractivity contribution in [2.24, 2.45) is 0 Å². The van der Waals surface area contributed by atoms with Gasteiger partial charge in [-0.15, -0.1) is 0 Å². The van der Waals surface area contributed by atoms with Gasteiger partial charge >= 0.3 is 6.18 Å². The van der Waals surface area contributed by atoms with E-state index < -0.39 is 11.9 Å². The second kappa shape index (κ2) is 5.88. The van der Waals surface area contributed by atoms with Crippen molar-refractivity contribution in [1.82, 2.24) is 14.6 Å². The third-order valence-corrected chi connectivity index (χ3v) is 4.21. The summed E-state index contributed by atoms with van der Waals surface area (Å²) in [6.45, 7) is 1.64. The van der Waals surface area contributed by atoms with Crippen LogP contribution in [-0.2, 0) is 6.18 Å². The lowest BCUT2D eigenvalue weighted by molar-refractivity contribution is -0.142. The van der Waals surface area contributed by atoms with Gasteiger partial charge in [-0.05, 0) is 42.8 Å². The maximum absolute atomic E-state index is 13.6. The minimum Gasteiger partial charge on any atom is -0.463 e. The number of halogens is 4. The normalized spacial score (nSPS) is 12.0. The first-order valence-corrected chi connectivity index (χ1v) is 8.00. The Bertz CT molecular complexity index is 1080. The van der Waals surface area contributed by atoms with E-state index in [0.29, 0.717) is 21.8 Å². The van der Waals surface area contributed by atoms with E-state index in [2.05, 4.69) is 10.1 Å². The Balaban J connectivity index is 2.06. The van der Waals surface area contributed by atoms with Crippen LogP contribution in [0.25, 0.3) is 28.2 Å². The summed E-state index contributed by atoms with van der Waals surface area (Å²) < 4.78 is 46.8. The minimum atomic E-state index is -4.60. The fourth-order valence-electron chi connectivity index (χ4n) is 2.83. The largest absolute Gasteiger partial charge is 0.463 e. The van der Waals surface area contributed by atoms with Crippen molar-refractivity contribution in [3.05, 3.63) is 65.1 Å². The van der Waals surface area contributed by atoms with Crippen molar-refractivity contribution in [2.45, 2.75) is 13.1 Å². The van der Waals surface area contributed by atoms with Gasteiger partial charge in [0.15, 0.2) is 17.1 Å². The smallest absolute Gasteiger partial charge is 0.433 e. The third-order valence-electron chi connectivity index (χ3n) is 3.96. The lowest BCUT2D eigenvalue weighted by Crippen LogP contribution is -2.13. The van der Waals surface area contributed by atoms with Gasteiger partial charge in [-0.1, -0.05) is 23.7 Å². The van der Waals surface area contributed by atoms with Crippen LogP contribution >= 0.6 is 11.6 Å². The molecule has 3 aromatic heterocycles. The molecule has 26 heavy (non-hydrogen) atoms. The van der Waals surface area contributed by atoms with Crippen LogP contribution in [0.2, 0.25) is 5.02 Å². The quantitative estimate of drug-likeness (QED) is 0.454. The van der Waals surface area contributed by atoms with E-state index in [9.17, 15) is 13.2 Å². The Morgan fingerprint density at radius 2 is 1.85 bits per heavy atom. The topological polar surface area (TPSA) is 43.3 Å². The molecule has 0 radical (unpaired) electrons. The number of hydrogen-bond donors (Lipinski definition) is 0. The number of aromatic nitrogens is 3. The van der Waals surface area contributed by atoms with Crippen LogP contribution in [0.3, 0.4) is 0 Å². The summed E-state index contributed by atoms with van der Waals surface area (Å²) in [5.41, 5.74) is 0.898. The zero-order valence-corrected chi connectivity index (χ0v) is 14.1. The van der Waals surface area contributed by atoms with Crippen molar-refractivity contribution in [2.75, 3.05) is 0 Å². The van der Waals surface area contributed by atoms with Crippen LogP contribution < -0.4 is 0 Å². The molecule has 0 atom stereocenters. The summed E-state index contributed by atoms with van der Waals surface area (Å²) in [5.74, 6) is 0.249. The van der Waals surface area contributed by atoms with Gasteiger partial charge in [0.25, 0.3) is 0 Å². The molecule has 0 saturated carbocycles. The second-order valence-electron chi connectivity index (χ2n) is 5.70. The monoisotopic (exact) mass is 377 g/mol. The molecular weight excluding hydrogens is 367 g/mol. The highest BCUT2D eigenvalue weighted by molar-refractivity contribution is 6.30. The highest BCUT2D eigenvalue weighted by atomic mass is 35.5. The summed E-state index contributed by atoms with van der Waals surface area (Å²) in [6, 6.07) is 10.9. The van der Waals surface area contributed by atoms with Crippen LogP contribution in [0.5, 0.6) is 0 Å². The number of fused-ring (bicyclic) bond motifs is 1. The van der Waals surface area contributed by atoms with E-state index >= 15 is 0 Å². The fourth-order valence-corrected chi connectivity index (χ4v) is 2.96. The van der Waals surface area contributed by atoms with Gasteiger partial charge in [-0.3, -0.25) is 0 Å². The van der Waals surface area contributed by atoms with Crippen molar-refractivity contribution >= 4 is 17.2 Å². The van der Waals surface area contributed by atoms with E-state index in [1.165, 1.54) is 6.26 Å². The van der Waals surface area contributed by atoms with Gasteiger partial charge in [-0.25, -0.2) is 9.50 Å². The third kappa shape index (κ3) is 2.74. The molecule has 8 heteroatoms. The Morgan fingerprint density at radius 1 is 1.12 bits per heavy atom. The second-order valence-corrected chi connectivity index (χ2v) is 6.14. The van der Waals surface area contributed by atoms with Crippen LogP contribution in [0.15, 0.2) is 53.1 Å². The van der Waals surface area contributed by atoms with Crippen molar-refractivity contribution < 1.29 is 17.6 Å². The van der Waals surface area contributed by atoms with Gasteiger partial charge < -0.3 is 4.42 Å². The molecule has 1 aromatic carbocycles. The zero-order chi connectivity index (χ0) is 18.5. The van der Waals surface area contributed by atoms with Gasteiger partial charge in [0, 0.05) is 10.6 Å². The predicted molar refractivity (Wildman–Crippen MR) is 90.9 cm³/mol. The Kier molecular flexibility index (Phi) is 3.77. The number of nitrogens with zero attached hydrogens (tertiary/aromatic N) is 3. The summed E-state index contributed by atoms with van der Waals surface area (Å²) in [6.07, 6.45) is -3.21. The summed E-state index contributed by atoms with van der Waals surface area (Å²) in [7, 11) is 0. The first kappa shape index (κ1) is 16.7. The molecule has 4 aromatic rings. The first-order valence-electron chi connectivity index (χ1n) is 7.62. The van der Waals surface area contributed by atoms with Gasteiger partial charge in [0.2, 0.25) is 0 Å². The standard InChI is InChI=1S/C18H11ClF3N3O/c1-10-16(11-4-6-12(19)7-5-11)17-23-13(14-3-2-8-26-14)9-15(18(20,21)22)25(17)24-10/h2-9H,1H3. The molecule has 0 aliphatic rings. The van der Waals surface area contributed by atoms with Crippen LogP contribution in [-0.4, -0.2) is 14.6 Å². The Labute approximate surface area is 150 Å². The van der Waals surface area contributed by atoms with Gasteiger partial charge in [-0.2, -0.15) is 18.3 Å². The zero-order valence-electron chi connectivity index (χ0n) is 13.4. The number of hydrogen-bond acceptors (Lipinski definition) is 3. The van der Waals surface area contributed by atoms with Crippen molar-refractivity contribution in [3.8, 4) is 22.6 Å². The van der Waals surface area contributed by atoms with E-state index in [1.54, 1.807) is 43.3 Å². The number of benzene rings is 1. The number of alkyl halides is 3. The number of aryl methyl sites for hydroxylation is 1. The molecule has 0 spiro atoms. The lowest BCUT2D eigenvalue weighted by Gasteiger charge is -2.10. The van der Waals surface area contributed by atoms with Gasteiger partial charge in [0.05, 0.1) is 12.0 Å². The van der Waals surface area contributed by atoms with E-state index in [4.69, 9.17) is 16.0 Å². The SMILES string of the molecule is Cc1nn2c(C(F)(F)F)cc(-c3ccco3)nc2c1-c1ccc(Cl)cc1. The minimum absolute atomic E-state index is 0.0879. The summed E-state index contributed by atoms with van der Waals surface area (Å²) in [5, 5.41) is 4.60. The molecule has 0 bridgehead atoms. The van der Waals surface area contributed by atoms with Crippen molar-refractivity contribution in [1.29, 1.82) is 0 Å². The first-order chi connectivity index (χ1) is 12.3. The number of furan rings is 1. The summed E-state index contributed by atoms with van der Waals surface area (Å²) >= 11 is 5.91. The molecule has 3 heterocycles. The predicted octanol–water partition coefficient (Wildman–Crippen LogP) is 5.64. The van der Waals surface area contributed by atoms with E-state index in [1.807, 2.05) is 0 Å². The highest BCUT2D eigenvalue weighted by Crippen LogP contribution is 2.36. The van der Waals surface area contributed by atoms with Crippen LogP contribution in [0.4, 0.5) is 13.2 Å². The van der Waals surface area contributed by atoms with Crippen LogP contribution in [0, 0.1) is 6.92 Å². The molecule has 132 valence electrons. The molecule has 0 fully saturated rings. The van der Waals surface area contributed by atoms with Crippen LogP contribution in [0.1, 0.15) is 11.4 Å². The number of rotatable bonds is 2. The molecule has 0 aliphatic heterocycles. The van der Waals surface area contributed by atoms with E-state index in [0.717, 1.165) is 10.6 Å². The van der Waals surface area contributed by atoms with E-state index in [-0.39, 0.29) is 17.1 Å². The highest BCUT2D eigenvalue weighted by Gasteiger charge is 2.36. The fraction of sp³-hybridized carbons (Fsp3) is 0.111. The molecular formula is C18H11ClF3N3O. The molecule has 4 rings (SSSR count). The van der Waals surface area contributed by atoms with Crippen molar-refractivity contribution in [3.63, 3.8) is 0 Å². The Hall–Kier alpha value is -2.80. The Morgan fingerprint density at radius 3 is 2.46 bits per heavy atom. The molecule has 4 nitrogen and oxygen atoms in total.